The second kappa shape index (κ2) is 6.23. The number of aromatic nitrogens is 2. The van der Waals surface area contributed by atoms with Crippen LogP contribution in [0.4, 0.5) is 8.78 Å². The summed E-state index contributed by atoms with van der Waals surface area (Å²) in [6.07, 6.45) is 1.75. The van der Waals surface area contributed by atoms with Crippen molar-refractivity contribution in [2.75, 3.05) is 13.6 Å². The molecule has 1 aromatic carbocycles. The number of carbonyl (C=O) groups is 1. The number of likely N-dealkylation sites (tertiary alicyclic amines) is 1. The maximum Gasteiger partial charge on any atom is 0.225 e. The molecule has 1 saturated heterocycles. The molecule has 0 unspecified atom stereocenters. The summed E-state index contributed by atoms with van der Waals surface area (Å²) in [6, 6.07) is 2.74. The number of carbonyl (C=O) groups excluding carboxylic acids is 1. The van der Waals surface area contributed by atoms with Gasteiger partial charge in [-0.1, -0.05) is 6.92 Å². The van der Waals surface area contributed by atoms with Crippen LogP contribution in [0.25, 0.3) is 11.0 Å². The van der Waals surface area contributed by atoms with Crippen LogP contribution in [-0.2, 0) is 11.3 Å². The lowest BCUT2D eigenvalue weighted by Gasteiger charge is -2.22. The van der Waals surface area contributed by atoms with Gasteiger partial charge in [-0.2, -0.15) is 0 Å². The molecule has 1 aromatic heterocycles. The number of hydrogen-bond acceptors (Lipinski definition) is 3. The number of rotatable bonds is 4. The SMILES string of the molecule is CC[C@@H]1[C@@H](C(=O)NCc2nc3c(F)c(F)ccc3[nH]2)CCN1C. The van der Waals surface area contributed by atoms with E-state index in [9.17, 15) is 13.6 Å². The van der Waals surface area contributed by atoms with Gasteiger partial charge in [-0.15, -0.1) is 0 Å². The molecular weight excluding hydrogens is 302 g/mol. The number of fused-ring (bicyclic) bond motifs is 1. The zero-order chi connectivity index (χ0) is 16.6. The van der Waals surface area contributed by atoms with Crippen LogP contribution in [0.15, 0.2) is 12.1 Å². The van der Waals surface area contributed by atoms with Crippen molar-refractivity contribution in [1.29, 1.82) is 0 Å². The average Bonchev–Trinajstić information content (AvgIpc) is 3.12. The van der Waals surface area contributed by atoms with Crippen LogP contribution in [0, 0.1) is 17.6 Å². The van der Waals surface area contributed by atoms with Crippen molar-refractivity contribution < 1.29 is 13.6 Å². The first-order valence-electron chi connectivity index (χ1n) is 7.81. The summed E-state index contributed by atoms with van der Waals surface area (Å²) < 4.78 is 26.8. The van der Waals surface area contributed by atoms with Crippen molar-refractivity contribution >= 4 is 16.9 Å². The van der Waals surface area contributed by atoms with E-state index in [1.165, 1.54) is 6.07 Å². The van der Waals surface area contributed by atoms with E-state index in [0.29, 0.717) is 11.3 Å². The number of benzene rings is 1. The average molecular weight is 322 g/mol. The van der Waals surface area contributed by atoms with Gasteiger partial charge >= 0.3 is 0 Å². The first kappa shape index (κ1) is 15.9. The molecule has 1 aliphatic heterocycles. The highest BCUT2D eigenvalue weighted by Gasteiger charge is 2.35. The molecule has 124 valence electrons. The predicted molar refractivity (Wildman–Crippen MR) is 82.7 cm³/mol. The van der Waals surface area contributed by atoms with Crippen molar-refractivity contribution in [1.82, 2.24) is 20.2 Å². The van der Waals surface area contributed by atoms with E-state index < -0.39 is 11.6 Å². The highest BCUT2D eigenvalue weighted by Crippen LogP contribution is 2.25. The third kappa shape index (κ3) is 2.93. The standard InChI is InChI=1S/C16H20F2N4O/c1-3-12-9(6-7-22(12)2)16(23)19-8-13-20-11-5-4-10(17)14(18)15(11)21-13/h4-5,9,12H,3,6-8H2,1-2H3,(H,19,23)(H,20,21)/t9-,12+/m0/s1. The van der Waals surface area contributed by atoms with Gasteiger partial charge < -0.3 is 15.2 Å². The number of halogens is 2. The lowest BCUT2D eigenvalue weighted by atomic mass is 9.97. The van der Waals surface area contributed by atoms with Gasteiger partial charge in [-0.3, -0.25) is 4.79 Å². The third-order valence-electron chi connectivity index (χ3n) is 4.60. The largest absolute Gasteiger partial charge is 0.349 e. The van der Waals surface area contributed by atoms with Gasteiger partial charge in [0.15, 0.2) is 11.6 Å². The third-order valence-corrected chi connectivity index (χ3v) is 4.60. The van der Waals surface area contributed by atoms with Crippen LogP contribution >= 0.6 is 0 Å². The fraction of sp³-hybridized carbons (Fsp3) is 0.500. The Morgan fingerprint density at radius 3 is 3.00 bits per heavy atom. The number of nitrogens with one attached hydrogen (secondary N) is 2. The molecule has 0 bridgehead atoms. The van der Waals surface area contributed by atoms with Crippen LogP contribution in [0.2, 0.25) is 0 Å². The van der Waals surface area contributed by atoms with E-state index in [2.05, 4.69) is 27.1 Å². The van der Waals surface area contributed by atoms with Crippen molar-refractivity contribution in [3.63, 3.8) is 0 Å². The first-order chi connectivity index (χ1) is 11.0. The van der Waals surface area contributed by atoms with Crippen LogP contribution < -0.4 is 5.32 Å². The van der Waals surface area contributed by atoms with E-state index in [4.69, 9.17) is 0 Å². The summed E-state index contributed by atoms with van der Waals surface area (Å²) >= 11 is 0. The van der Waals surface area contributed by atoms with Crippen molar-refractivity contribution in [3.05, 3.63) is 29.6 Å². The Morgan fingerprint density at radius 2 is 2.26 bits per heavy atom. The molecule has 1 amide bonds. The minimum Gasteiger partial charge on any atom is -0.349 e. The number of aromatic amines is 1. The Kier molecular flexibility index (Phi) is 4.30. The number of imidazole rings is 1. The molecule has 2 heterocycles. The molecule has 1 fully saturated rings. The van der Waals surface area contributed by atoms with Gasteiger partial charge in [0.1, 0.15) is 11.3 Å². The molecule has 2 N–H and O–H groups in total. The Hall–Kier alpha value is -2.02. The summed E-state index contributed by atoms with van der Waals surface area (Å²) in [4.78, 5) is 21.5. The molecule has 2 atom stereocenters. The Morgan fingerprint density at radius 1 is 1.48 bits per heavy atom. The van der Waals surface area contributed by atoms with Gasteiger partial charge in [0.2, 0.25) is 5.91 Å². The minimum absolute atomic E-state index is 0.0201. The summed E-state index contributed by atoms with van der Waals surface area (Å²) in [5.41, 5.74) is 0.376. The molecular formula is C16H20F2N4O. The smallest absolute Gasteiger partial charge is 0.225 e. The van der Waals surface area contributed by atoms with E-state index in [1.54, 1.807) is 0 Å². The zero-order valence-electron chi connectivity index (χ0n) is 13.2. The first-order valence-corrected chi connectivity index (χ1v) is 7.81. The second-order valence-corrected chi connectivity index (χ2v) is 6.01. The normalized spacial score (nSPS) is 21.9. The van der Waals surface area contributed by atoms with Gasteiger partial charge in [0, 0.05) is 6.04 Å². The summed E-state index contributed by atoms with van der Waals surface area (Å²) in [5.74, 6) is -1.55. The van der Waals surface area contributed by atoms with E-state index >= 15 is 0 Å². The maximum atomic E-state index is 13.6. The van der Waals surface area contributed by atoms with Crippen molar-refractivity contribution in [2.45, 2.75) is 32.4 Å². The van der Waals surface area contributed by atoms with Crippen molar-refractivity contribution in [2.24, 2.45) is 5.92 Å². The Balaban J connectivity index is 1.69. The van der Waals surface area contributed by atoms with E-state index in [0.717, 1.165) is 25.5 Å². The molecule has 1 aliphatic rings. The Bertz CT molecular complexity index is 730. The van der Waals surface area contributed by atoms with Crippen molar-refractivity contribution in [3.8, 4) is 0 Å². The quantitative estimate of drug-likeness (QED) is 0.907. The van der Waals surface area contributed by atoms with Crippen LogP contribution in [0.1, 0.15) is 25.6 Å². The van der Waals surface area contributed by atoms with E-state index in [-0.39, 0.29) is 29.9 Å². The lowest BCUT2D eigenvalue weighted by molar-refractivity contribution is -0.125. The second-order valence-electron chi connectivity index (χ2n) is 6.01. The number of nitrogens with zero attached hydrogens (tertiary/aromatic N) is 2. The molecule has 0 aliphatic carbocycles. The molecule has 0 spiro atoms. The van der Waals surface area contributed by atoms with E-state index in [1.807, 2.05) is 7.05 Å². The number of hydrogen-bond donors (Lipinski definition) is 2. The fourth-order valence-corrected chi connectivity index (χ4v) is 3.36. The van der Waals surface area contributed by atoms with Crippen LogP contribution in [0.3, 0.4) is 0 Å². The van der Waals surface area contributed by atoms with Gasteiger partial charge in [0.25, 0.3) is 0 Å². The monoisotopic (exact) mass is 322 g/mol. The fourth-order valence-electron chi connectivity index (χ4n) is 3.36. The molecule has 7 heteroatoms. The number of amides is 1. The molecule has 23 heavy (non-hydrogen) atoms. The van der Waals surface area contributed by atoms with Crippen LogP contribution in [0.5, 0.6) is 0 Å². The number of H-pyrrole nitrogens is 1. The molecule has 5 nitrogen and oxygen atoms in total. The topological polar surface area (TPSA) is 61.0 Å². The lowest BCUT2D eigenvalue weighted by Crippen LogP contribution is -2.38. The van der Waals surface area contributed by atoms with Gasteiger partial charge in [-0.05, 0) is 38.6 Å². The highest BCUT2D eigenvalue weighted by atomic mass is 19.2. The van der Waals surface area contributed by atoms with Gasteiger partial charge in [0.05, 0.1) is 18.0 Å². The van der Waals surface area contributed by atoms with Crippen LogP contribution in [-0.4, -0.2) is 40.4 Å². The summed E-state index contributed by atoms with van der Waals surface area (Å²) in [5, 5.41) is 2.85. The summed E-state index contributed by atoms with van der Waals surface area (Å²) in [7, 11) is 2.03. The minimum atomic E-state index is -0.972. The molecule has 3 rings (SSSR count). The highest BCUT2D eigenvalue weighted by molar-refractivity contribution is 5.80. The zero-order valence-corrected chi connectivity index (χ0v) is 13.2. The molecule has 0 saturated carbocycles. The summed E-state index contributed by atoms with van der Waals surface area (Å²) in [6.45, 7) is 3.15. The predicted octanol–water partition coefficient (Wildman–Crippen LogP) is 2.19. The maximum absolute atomic E-state index is 13.6. The molecule has 2 aromatic rings. The van der Waals surface area contributed by atoms with Gasteiger partial charge in [-0.25, -0.2) is 13.8 Å². The molecule has 0 radical (unpaired) electrons. The Labute approximate surface area is 133 Å².